The quantitative estimate of drug-likeness (QED) is 0.290. The zero-order valence-electron chi connectivity index (χ0n) is 19.8. The molecule has 3 aromatic heterocycles. The summed E-state index contributed by atoms with van der Waals surface area (Å²) >= 11 is 1.51. The van der Waals surface area contributed by atoms with E-state index in [9.17, 15) is 4.79 Å². The smallest absolute Gasteiger partial charge is 0.258 e. The maximum Gasteiger partial charge on any atom is 0.258 e. The summed E-state index contributed by atoms with van der Waals surface area (Å²) in [6.07, 6.45) is 1.72. The van der Waals surface area contributed by atoms with Crippen LogP contribution in [0.5, 0.6) is 5.75 Å². The van der Waals surface area contributed by atoms with Crippen molar-refractivity contribution in [2.75, 3.05) is 7.11 Å². The van der Waals surface area contributed by atoms with Crippen LogP contribution < -0.4 is 10.3 Å². The first-order valence-electron chi connectivity index (χ1n) is 11.3. The minimum Gasteiger partial charge on any atom is -0.497 e. The number of methoxy groups -OCH3 is 1. The molecule has 0 radical (unpaired) electrons. The van der Waals surface area contributed by atoms with Gasteiger partial charge in [0.15, 0.2) is 11.0 Å². The molecule has 0 N–H and O–H groups in total. The second-order valence-corrected chi connectivity index (χ2v) is 9.33. The van der Waals surface area contributed by atoms with Gasteiger partial charge in [0.1, 0.15) is 11.4 Å². The molecule has 176 valence electrons. The van der Waals surface area contributed by atoms with E-state index in [0.717, 1.165) is 28.0 Å². The Morgan fingerprint density at radius 3 is 2.51 bits per heavy atom. The summed E-state index contributed by atoms with van der Waals surface area (Å²) in [7, 11) is 1.65. The van der Waals surface area contributed by atoms with Gasteiger partial charge in [-0.25, -0.2) is 4.98 Å². The molecule has 0 saturated carbocycles. The van der Waals surface area contributed by atoms with E-state index in [1.165, 1.54) is 21.7 Å². The first kappa shape index (κ1) is 22.9. The summed E-state index contributed by atoms with van der Waals surface area (Å²) in [5.41, 5.74) is 4.39. The average Bonchev–Trinajstić information content (AvgIpc) is 3.31. The summed E-state index contributed by atoms with van der Waals surface area (Å²) in [5.74, 6) is 2.34. The van der Waals surface area contributed by atoms with Crippen molar-refractivity contribution >= 4 is 17.4 Å². The lowest BCUT2D eigenvalue weighted by Crippen LogP contribution is -2.14. The summed E-state index contributed by atoms with van der Waals surface area (Å²) in [6.45, 7) is 4.35. The molecule has 0 aliphatic heterocycles. The molecule has 5 rings (SSSR count). The maximum atomic E-state index is 12.5. The van der Waals surface area contributed by atoms with E-state index in [0.29, 0.717) is 23.0 Å². The van der Waals surface area contributed by atoms with Crippen LogP contribution in [0.2, 0.25) is 0 Å². The first-order chi connectivity index (χ1) is 17.0. The number of benzene rings is 2. The molecule has 3 heterocycles. The van der Waals surface area contributed by atoms with Crippen LogP contribution in [0.1, 0.15) is 31.0 Å². The molecule has 7 nitrogen and oxygen atoms in total. The molecule has 0 spiro atoms. The Morgan fingerprint density at radius 2 is 1.74 bits per heavy atom. The van der Waals surface area contributed by atoms with Crippen LogP contribution in [0.4, 0.5) is 0 Å². The average molecular weight is 484 g/mol. The Balaban J connectivity index is 1.57. The van der Waals surface area contributed by atoms with Gasteiger partial charge >= 0.3 is 0 Å². The lowest BCUT2D eigenvalue weighted by molar-refractivity contribution is 0.415. The van der Waals surface area contributed by atoms with Crippen LogP contribution in [0.25, 0.3) is 22.7 Å². The van der Waals surface area contributed by atoms with Crippen molar-refractivity contribution in [3.8, 4) is 22.8 Å². The summed E-state index contributed by atoms with van der Waals surface area (Å²) < 4.78 is 8.95. The highest BCUT2D eigenvalue weighted by molar-refractivity contribution is 7.98. The fraction of sp³-hybridized carbons (Fsp3) is 0.185. The van der Waals surface area contributed by atoms with Gasteiger partial charge in [-0.15, -0.1) is 10.2 Å². The number of hydrogen-bond acceptors (Lipinski definition) is 6. The minimum atomic E-state index is -0.100. The third-order valence-corrected chi connectivity index (χ3v) is 6.72. The van der Waals surface area contributed by atoms with Gasteiger partial charge in [0.2, 0.25) is 0 Å². The fourth-order valence-corrected chi connectivity index (χ4v) is 4.84. The number of rotatable bonds is 7. The number of ether oxygens (including phenoxy) is 1. The lowest BCUT2D eigenvalue weighted by atomic mass is 10.0. The second-order valence-electron chi connectivity index (χ2n) is 8.39. The van der Waals surface area contributed by atoms with Crippen LogP contribution in [-0.2, 0) is 5.75 Å². The predicted octanol–water partition coefficient (Wildman–Crippen LogP) is 5.37. The molecule has 8 heteroatoms. The van der Waals surface area contributed by atoms with Gasteiger partial charge in [-0.05, 0) is 53.9 Å². The molecule has 5 aromatic rings. The van der Waals surface area contributed by atoms with Gasteiger partial charge in [0.05, 0.1) is 18.5 Å². The molecular formula is C27H25N5O2S. The first-order valence-corrected chi connectivity index (χ1v) is 12.3. The van der Waals surface area contributed by atoms with Crippen LogP contribution >= 0.6 is 11.8 Å². The highest BCUT2D eigenvalue weighted by Gasteiger charge is 2.20. The van der Waals surface area contributed by atoms with Crippen LogP contribution in [0.3, 0.4) is 0 Å². The van der Waals surface area contributed by atoms with Crippen molar-refractivity contribution < 1.29 is 4.74 Å². The molecule has 0 bridgehead atoms. The number of nitrogens with zero attached hydrogens (tertiary/aromatic N) is 5. The number of para-hydroxylation sites is 1. The van der Waals surface area contributed by atoms with Crippen molar-refractivity contribution in [3.63, 3.8) is 0 Å². The van der Waals surface area contributed by atoms with E-state index in [2.05, 4.69) is 51.8 Å². The van der Waals surface area contributed by atoms with E-state index in [1.807, 2.05) is 48.5 Å². The Hall–Kier alpha value is -3.91. The van der Waals surface area contributed by atoms with Crippen LogP contribution in [-0.4, -0.2) is 31.3 Å². The monoisotopic (exact) mass is 483 g/mol. The molecule has 0 fully saturated rings. The molecule has 0 aliphatic rings. The molecule has 0 atom stereocenters. The fourth-order valence-electron chi connectivity index (χ4n) is 4.00. The molecular weight excluding hydrogens is 458 g/mol. The van der Waals surface area contributed by atoms with E-state index in [1.54, 1.807) is 19.4 Å². The van der Waals surface area contributed by atoms with E-state index < -0.39 is 0 Å². The van der Waals surface area contributed by atoms with Crippen molar-refractivity contribution in [2.24, 2.45) is 0 Å². The Labute approximate surface area is 207 Å². The summed E-state index contributed by atoms with van der Waals surface area (Å²) in [5, 5.41) is 9.84. The minimum absolute atomic E-state index is 0.100. The largest absolute Gasteiger partial charge is 0.497 e. The number of aromatic nitrogens is 5. The molecule has 0 aliphatic carbocycles. The van der Waals surface area contributed by atoms with Gasteiger partial charge in [-0.1, -0.05) is 49.9 Å². The van der Waals surface area contributed by atoms with Crippen LogP contribution in [0, 0.1) is 0 Å². The van der Waals surface area contributed by atoms with E-state index >= 15 is 0 Å². The number of hydrogen-bond donors (Lipinski definition) is 0. The second kappa shape index (κ2) is 9.76. The highest BCUT2D eigenvalue weighted by Crippen LogP contribution is 2.33. The Kier molecular flexibility index (Phi) is 6.37. The van der Waals surface area contributed by atoms with Gasteiger partial charge in [-0.3, -0.25) is 13.8 Å². The topological polar surface area (TPSA) is 74.3 Å². The third kappa shape index (κ3) is 4.57. The molecule has 0 unspecified atom stereocenters. The highest BCUT2D eigenvalue weighted by atomic mass is 32.2. The van der Waals surface area contributed by atoms with Crippen molar-refractivity contribution in [1.29, 1.82) is 0 Å². The third-order valence-electron chi connectivity index (χ3n) is 5.75. The standard InChI is InChI=1S/C27H25N5O2S/c1-18(2)22-8-4-5-9-23(22)32-26(19-11-13-21(34-3)14-12-19)29-30-27(32)35-17-20-16-25(33)31-15-7-6-10-24(31)28-20/h4-16,18H,17H2,1-3H3. The molecule has 2 aromatic carbocycles. The summed E-state index contributed by atoms with van der Waals surface area (Å²) in [6, 6.07) is 23.2. The van der Waals surface area contributed by atoms with Gasteiger partial charge in [0.25, 0.3) is 5.56 Å². The van der Waals surface area contributed by atoms with Gasteiger partial charge in [-0.2, -0.15) is 0 Å². The SMILES string of the molecule is COc1ccc(-c2nnc(SCc3cc(=O)n4ccccc4n3)n2-c2ccccc2C(C)C)cc1. The van der Waals surface area contributed by atoms with E-state index in [4.69, 9.17) is 4.74 Å². The van der Waals surface area contributed by atoms with Crippen LogP contribution in [0.15, 0.2) is 88.9 Å². The number of pyridine rings is 1. The Bertz CT molecular complexity index is 1540. The van der Waals surface area contributed by atoms with Crippen molar-refractivity contribution in [2.45, 2.75) is 30.7 Å². The Morgan fingerprint density at radius 1 is 0.971 bits per heavy atom. The zero-order chi connectivity index (χ0) is 24.4. The lowest BCUT2D eigenvalue weighted by Gasteiger charge is -2.17. The van der Waals surface area contributed by atoms with Gasteiger partial charge < -0.3 is 4.74 Å². The van der Waals surface area contributed by atoms with E-state index in [-0.39, 0.29) is 5.56 Å². The van der Waals surface area contributed by atoms with Gasteiger partial charge in [0, 0.05) is 23.6 Å². The summed E-state index contributed by atoms with van der Waals surface area (Å²) in [4.78, 5) is 17.2. The van der Waals surface area contributed by atoms with Crippen molar-refractivity contribution in [1.82, 2.24) is 24.1 Å². The normalized spacial score (nSPS) is 11.3. The van der Waals surface area contributed by atoms with Crippen molar-refractivity contribution in [3.05, 3.63) is 101 Å². The number of fused-ring (bicyclic) bond motifs is 1. The maximum absolute atomic E-state index is 12.5. The molecule has 35 heavy (non-hydrogen) atoms. The number of thioether (sulfide) groups is 1. The molecule has 0 amide bonds. The zero-order valence-corrected chi connectivity index (χ0v) is 20.6. The molecule has 0 saturated heterocycles. The predicted molar refractivity (Wildman–Crippen MR) is 138 cm³/mol.